The monoisotopic (exact) mass is 296 g/mol. The van der Waals surface area contributed by atoms with Crippen molar-refractivity contribution >= 4 is 33.8 Å². The zero-order valence-electron chi connectivity index (χ0n) is 9.44. The average Bonchev–Trinajstić information content (AvgIpc) is 2.33. The highest BCUT2D eigenvalue weighted by Crippen LogP contribution is 2.26. The number of carbonyl (C=O) groups excluding carboxylic acids is 2. The summed E-state index contributed by atoms with van der Waals surface area (Å²) in [6.07, 6.45) is 0.820. The van der Waals surface area contributed by atoms with Crippen molar-refractivity contribution < 1.29 is 9.59 Å². The molecule has 1 fully saturated rings. The highest BCUT2D eigenvalue weighted by atomic mass is 79.9. The molecule has 0 saturated carbocycles. The molecule has 1 aliphatic heterocycles. The van der Waals surface area contributed by atoms with Crippen LogP contribution in [0.3, 0.4) is 0 Å². The van der Waals surface area contributed by atoms with Crippen LogP contribution in [0.5, 0.6) is 0 Å². The fourth-order valence-electron chi connectivity index (χ4n) is 1.98. The van der Waals surface area contributed by atoms with E-state index in [1.54, 1.807) is 6.07 Å². The van der Waals surface area contributed by atoms with Crippen LogP contribution in [0.25, 0.3) is 0 Å². The lowest BCUT2D eigenvalue weighted by Gasteiger charge is -2.35. The molecule has 1 atom stereocenters. The summed E-state index contributed by atoms with van der Waals surface area (Å²) < 4.78 is 0.899. The van der Waals surface area contributed by atoms with Crippen LogP contribution in [0.4, 0.5) is 5.69 Å². The molecule has 1 amide bonds. The van der Waals surface area contributed by atoms with Gasteiger partial charge in [-0.05, 0) is 25.1 Å². The number of aldehydes is 1. The minimum atomic E-state index is -0.253. The predicted molar refractivity (Wildman–Crippen MR) is 69.3 cm³/mol. The Morgan fingerprint density at radius 3 is 3.00 bits per heavy atom. The Kier molecular flexibility index (Phi) is 3.47. The van der Waals surface area contributed by atoms with Crippen molar-refractivity contribution in [1.82, 2.24) is 5.32 Å². The third kappa shape index (κ3) is 2.34. The van der Waals surface area contributed by atoms with Crippen LogP contribution in [-0.4, -0.2) is 31.3 Å². The van der Waals surface area contributed by atoms with Gasteiger partial charge in [0.2, 0.25) is 5.91 Å². The number of benzene rings is 1. The van der Waals surface area contributed by atoms with Crippen molar-refractivity contribution in [3.8, 4) is 0 Å². The fourth-order valence-corrected chi connectivity index (χ4v) is 2.33. The number of rotatable bonds is 2. The summed E-state index contributed by atoms with van der Waals surface area (Å²) in [5, 5.41) is 2.80. The van der Waals surface area contributed by atoms with Gasteiger partial charge < -0.3 is 10.2 Å². The molecular formula is C12H13BrN2O2. The molecule has 0 aliphatic carbocycles. The fraction of sp³-hybridized carbons (Fsp3) is 0.333. The number of anilines is 1. The summed E-state index contributed by atoms with van der Waals surface area (Å²) in [4.78, 5) is 24.6. The first-order chi connectivity index (χ1) is 8.13. The van der Waals surface area contributed by atoms with Gasteiger partial charge in [0, 0.05) is 28.8 Å². The van der Waals surface area contributed by atoms with Gasteiger partial charge in [0.25, 0.3) is 0 Å². The molecule has 0 spiro atoms. The van der Waals surface area contributed by atoms with Crippen LogP contribution < -0.4 is 10.2 Å². The Hall–Kier alpha value is -1.36. The van der Waals surface area contributed by atoms with E-state index in [9.17, 15) is 9.59 Å². The highest BCUT2D eigenvalue weighted by molar-refractivity contribution is 9.10. The number of amides is 1. The Morgan fingerprint density at radius 1 is 1.53 bits per heavy atom. The Morgan fingerprint density at radius 2 is 2.29 bits per heavy atom. The maximum absolute atomic E-state index is 11.6. The lowest BCUT2D eigenvalue weighted by molar-refractivity contribution is -0.122. The molecule has 0 radical (unpaired) electrons. The molecule has 1 aromatic carbocycles. The standard InChI is InChI=1S/C12H13BrN2O2/c1-8-12(17)14-4-5-15(8)11-6-10(13)3-2-9(11)7-16/h2-3,6-8H,4-5H2,1H3,(H,14,17). The highest BCUT2D eigenvalue weighted by Gasteiger charge is 2.27. The molecule has 1 unspecified atom stereocenters. The van der Waals surface area contributed by atoms with Crippen LogP contribution >= 0.6 is 15.9 Å². The molecular weight excluding hydrogens is 284 g/mol. The summed E-state index contributed by atoms with van der Waals surface area (Å²) in [5.41, 5.74) is 1.41. The van der Waals surface area contributed by atoms with Gasteiger partial charge in [-0.2, -0.15) is 0 Å². The zero-order chi connectivity index (χ0) is 12.4. The van der Waals surface area contributed by atoms with E-state index >= 15 is 0 Å². The normalized spacial score (nSPS) is 20.0. The molecule has 1 heterocycles. The van der Waals surface area contributed by atoms with Gasteiger partial charge in [-0.15, -0.1) is 0 Å². The van der Waals surface area contributed by atoms with Crippen molar-refractivity contribution in [2.45, 2.75) is 13.0 Å². The maximum atomic E-state index is 11.6. The maximum Gasteiger partial charge on any atom is 0.242 e. The number of nitrogens with one attached hydrogen (secondary N) is 1. The molecule has 1 saturated heterocycles. The van der Waals surface area contributed by atoms with E-state index in [4.69, 9.17) is 0 Å². The van der Waals surface area contributed by atoms with Gasteiger partial charge in [0.15, 0.2) is 6.29 Å². The quantitative estimate of drug-likeness (QED) is 0.843. The molecule has 4 nitrogen and oxygen atoms in total. The minimum Gasteiger partial charge on any atom is -0.357 e. The van der Waals surface area contributed by atoms with Gasteiger partial charge in [0.1, 0.15) is 6.04 Å². The molecule has 1 aliphatic rings. The lowest BCUT2D eigenvalue weighted by Crippen LogP contribution is -2.54. The third-order valence-corrected chi connectivity index (χ3v) is 3.42. The topological polar surface area (TPSA) is 49.4 Å². The molecule has 17 heavy (non-hydrogen) atoms. The second-order valence-electron chi connectivity index (χ2n) is 3.98. The summed E-state index contributed by atoms with van der Waals surface area (Å²) in [5.74, 6) is -0.00641. The van der Waals surface area contributed by atoms with Crippen molar-refractivity contribution in [2.75, 3.05) is 18.0 Å². The second-order valence-corrected chi connectivity index (χ2v) is 4.90. The van der Waals surface area contributed by atoms with Gasteiger partial charge in [-0.25, -0.2) is 0 Å². The summed E-state index contributed by atoms with van der Waals surface area (Å²) in [6.45, 7) is 3.15. The van der Waals surface area contributed by atoms with Crippen LogP contribution in [0.1, 0.15) is 17.3 Å². The number of nitrogens with zero attached hydrogens (tertiary/aromatic N) is 1. The van der Waals surface area contributed by atoms with Gasteiger partial charge in [0.05, 0.1) is 0 Å². The van der Waals surface area contributed by atoms with Gasteiger partial charge >= 0.3 is 0 Å². The number of hydrogen-bond acceptors (Lipinski definition) is 3. The molecule has 1 aromatic rings. The molecule has 2 rings (SSSR count). The Bertz CT molecular complexity index is 462. The van der Waals surface area contributed by atoms with E-state index in [-0.39, 0.29) is 11.9 Å². The number of hydrogen-bond donors (Lipinski definition) is 1. The van der Waals surface area contributed by atoms with Crippen molar-refractivity contribution in [1.29, 1.82) is 0 Å². The van der Waals surface area contributed by atoms with E-state index in [2.05, 4.69) is 21.2 Å². The molecule has 0 aromatic heterocycles. The SMILES string of the molecule is CC1C(=O)NCCN1c1cc(Br)ccc1C=O. The first-order valence-corrected chi connectivity index (χ1v) is 6.22. The van der Waals surface area contributed by atoms with Crippen LogP contribution in [0.2, 0.25) is 0 Å². The van der Waals surface area contributed by atoms with Crippen molar-refractivity contribution in [3.05, 3.63) is 28.2 Å². The molecule has 90 valence electrons. The third-order valence-electron chi connectivity index (χ3n) is 2.93. The molecule has 1 N–H and O–H groups in total. The van der Waals surface area contributed by atoms with Gasteiger partial charge in [-0.1, -0.05) is 15.9 Å². The smallest absolute Gasteiger partial charge is 0.242 e. The van der Waals surface area contributed by atoms with E-state index in [0.717, 1.165) is 16.4 Å². The second kappa shape index (κ2) is 4.87. The van der Waals surface area contributed by atoms with E-state index in [0.29, 0.717) is 18.7 Å². The Balaban J connectivity index is 2.41. The summed E-state index contributed by atoms with van der Waals surface area (Å²) in [6, 6.07) is 5.20. The number of halogens is 1. The molecule has 5 heteroatoms. The first kappa shape index (κ1) is 12.1. The van der Waals surface area contributed by atoms with Crippen LogP contribution in [0, 0.1) is 0 Å². The van der Waals surface area contributed by atoms with Crippen molar-refractivity contribution in [2.24, 2.45) is 0 Å². The Labute approximate surface area is 108 Å². The number of carbonyl (C=O) groups is 2. The van der Waals surface area contributed by atoms with E-state index < -0.39 is 0 Å². The summed E-state index contributed by atoms with van der Waals surface area (Å²) >= 11 is 3.38. The van der Waals surface area contributed by atoms with Crippen molar-refractivity contribution in [3.63, 3.8) is 0 Å². The van der Waals surface area contributed by atoms with Crippen LogP contribution in [-0.2, 0) is 4.79 Å². The first-order valence-electron chi connectivity index (χ1n) is 5.42. The van der Waals surface area contributed by atoms with E-state index in [1.165, 1.54) is 0 Å². The lowest BCUT2D eigenvalue weighted by atomic mass is 10.1. The van der Waals surface area contributed by atoms with Gasteiger partial charge in [-0.3, -0.25) is 9.59 Å². The largest absolute Gasteiger partial charge is 0.357 e. The van der Waals surface area contributed by atoms with E-state index in [1.807, 2.05) is 24.0 Å². The summed E-state index contributed by atoms with van der Waals surface area (Å²) in [7, 11) is 0. The zero-order valence-corrected chi connectivity index (χ0v) is 11.0. The predicted octanol–water partition coefficient (Wildman–Crippen LogP) is 1.59. The molecule has 0 bridgehead atoms. The minimum absolute atomic E-state index is 0.00641. The average molecular weight is 297 g/mol. The van der Waals surface area contributed by atoms with Crippen LogP contribution in [0.15, 0.2) is 22.7 Å². The number of piperazine rings is 1.